The van der Waals surface area contributed by atoms with Gasteiger partial charge in [-0.1, -0.05) is 23.7 Å². The van der Waals surface area contributed by atoms with Gasteiger partial charge in [0, 0.05) is 12.4 Å². The molecule has 0 saturated carbocycles. The molecule has 0 unspecified atom stereocenters. The van der Waals surface area contributed by atoms with Crippen LogP contribution in [0.3, 0.4) is 0 Å². The minimum atomic E-state index is -0.380. The van der Waals surface area contributed by atoms with Crippen molar-refractivity contribution >= 4 is 28.8 Å². The summed E-state index contributed by atoms with van der Waals surface area (Å²) < 4.78 is 1.57. The molecule has 20 heavy (non-hydrogen) atoms. The number of carbonyl (C=O) groups excluding carboxylic acids is 1. The monoisotopic (exact) mass is 286 g/mol. The maximum Gasteiger partial charge on any atom is 0.278 e. The largest absolute Gasteiger partial charge is 0.305 e. The number of rotatable bonds is 2. The lowest BCUT2D eigenvalue weighted by Gasteiger charge is -2.02. The normalized spacial score (nSPS) is 10.7. The molecule has 1 N–H and O–H groups in total. The number of halogens is 1. The lowest BCUT2D eigenvalue weighted by atomic mass is 10.3. The lowest BCUT2D eigenvalue weighted by molar-refractivity contribution is 0.102. The SMILES string of the molecule is Cc1ccc(NC(=O)c2nn3ccccc3c2Cl)nc1. The van der Waals surface area contributed by atoms with Gasteiger partial charge in [0.1, 0.15) is 5.82 Å². The molecule has 0 aliphatic heterocycles. The number of carbonyl (C=O) groups is 1. The number of anilines is 1. The molecule has 100 valence electrons. The van der Waals surface area contributed by atoms with Crippen LogP contribution in [-0.2, 0) is 0 Å². The van der Waals surface area contributed by atoms with E-state index in [-0.39, 0.29) is 11.6 Å². The molecular weight excluding hydrogens is 276 g/mol. The van der Waals surface area contributed by atoms with Gasteiger partial charge in [0.15, 0.2) is 5.69 Å². The van der Waals surface area contributed by atoms with E-state index in [0.717, 1.165) is 5.56 Å². The summed E-state index contributed by atoms with van der Waals surface area (Å²) in [5, 5.41) is 7.18. The van der Waals surface area contributed by atoms with Gasteiger partial charge in [0.2, 0.25) is 0 Å². The van der Waals surface area contributed by atoms with Gasteiger partial charge in [-0.25, -0.2) is 9.50 Å². The second kappa shape index (κ2) is 4.94. The molecule has 0 bridgehead atoms. The van der Waals surface area contributed by atoms with Crippen LogP contribution in [0.25, 0.3) is 5.52 Å². The van der Waals surface area contributed by atoms with Crippen molar-refractivity contribution in [3.8, 4) is 0 Å². The Morgan fingerprint density at radius 2 is 2.15 bits per heavy atom. The number of fused-ring (bicyclic) bond motifs is 1. The van der Waals surface area contributed by atoms with Gasteiger partial charge in [0.25, 0.3) is 5.91 Å². The van der Waals surface area contributed by atoms with E-state index in [2.05, 4.69) is 15.4 Å². The summed E-state index contributed by atoms with van der Waals surface area (Å²) in [6.07, 6.45) is 3.42. The third kappa shape index (κ3) is 2.23. The highest BCUT2D eigenvalue weighted by Gasteiger charge is 2.18. The first-order valence-corrected chi connectivity index (χ1v) is 6.40. The van der Waals surface area contributed by atoms with Crippen LogP contribution in [0.4, 0.5) is 5.82 Å². The van der Waals surface area contributed by atoms with Crippen molar-refractivity contribution in [3.63, 3.8) is 0 Å². The predicted molar refractivity (Wildman–Crippen MR) is 77.1 cm³/mol. The van der Waals surface area contributed by atoms with Crippen molar-refractivity contribution in [1.82, 2.24) is 14.6 Å². The first kappa shape index (κ1) is 12.6. The molecule has 0 aliphatic carbocycles. The van der Waals surface area contributed by atoms with E-state index < -0.39 is 0 Å². The zero-order valence-electron chi connectivity index (χ0n) is 10.7. The summed E-state index contributed by atoms with van der Waals surface area (Å²) in [6, 6.07) is 9.06. The highest BCUT2D eigenvalue weighted by molar-refractivity contribution is 6.37. The van der Waals surface area contributed by atoms with Gasteiger partial charge in [-0.3, -0.25) is 4.79 Å². The first-order chi connectivity index (χ1) is 9.65. The molecular formula is C14H11ClN4O. The Bertz CT molecular complexity index is 779. The maximum atomic E-state index is 12.2. The van der Waals surface area contributed by atoms with Crippen LogP contribution in [0.2, 0.25) is 5.02 Å². The van der Waals surface area contributed by atoms with E-state index in [0.29, 0.717) is 16.4 Å². The Morgan fingerprint density at radius 1 is 1.30 bits per heavy atom. The second-order valence-corrected chi connectivity index (χ2v) is 4.75. The fourth-order valence-electron chi connectivity index (χ4n) is 1.83. The molecule has 0 saturated heterocycles. The van der Waals surface area contributed by atoms with Gasteiger partial charge >= 0.3 is 0 Å². The van der Waals surface area contributed by atoms with Gasteiger partial charge in [-0.2, -0.15) is 5.10 Å². The third-order valence-corrected chi connectivity index (χ3v) is 3.22. The van der Waals surface area contributed by atoms with Crippen LogP contribution in [0, 0.1) is 6.92 Å². The lowest BCUT2D eigenvalue weighted by Crippen LogP contribution is -2.14. The fourth-order valence-corrected chi connectivity index (χ4v) is 2.10. The average Bonchev–Trinajstić information content (AvgIpc) is 2.79. The van der Waals surface area contributed by atoms with Crippen molar-refractivity contribution < 1.29 is 4.79 Å². The second-order valence-electron chi connectivity index (χ2n) is 4.37. The molecule has 0 atom stereocenters. The van der Waals surface area contributed by atoms with Gasteiger partial charge in [0.05, 0.1) is 10.5 Å². The summed E-state index contributed by atoms with van der Waals surface area (Å²) >= 11 is 6.18. The van der Waals surface area contributed by atoms with E-state index in [1.807, 2.05) is 25.1 Å². The predicted octanol–water partition coefficient (Wildman–Crippen LogP) is 2.94. The van der Waals surface area contributed by atoms with Gasteiger partial charge < -0.3 is 5.32 Å². The zero-order chi connectivity index (χ0) is 14.1. The molecule has 0 aromatic carbocycles. The van der Waals surface area contributed by atoms with Crippen LogP contribution >= 0.6 is 11.6 Å². The zero-order valence-corrected chi connectivity index (χ0v) is 11.4. The summed E-state index contributed by atoms with van der Waals surface area (Å²) in [5.41, 5.74) is 1.89. The molecule has 1 amide bonds. The third-order valence-electron chi connectivity index (χ3n) is 2.85. The molecule has 0 fully saturated rings. The van der Waals surface area contributed by atoms with Crippen LogP contribution in [-0.4, -0.2) is 20.5 Å². The topological polar surface area (TPSA) is 59.3 Å². The number of aromatic nitrogens is 3. The first-order valence-electron chi connectivity index (χ1n) is 6.02. The Hall–Kier alpha value is -2.40. The number of aryl methyl sites for hydroxylation is 1. The Kier molecular flexibility index (Phi) is 3.12. The van der Waals surface area contributed by atoms with Crippen molar-refractivity contribution in [3.05, 3.63) is 59.0 Å². The quantitative estimate of drug-likeness (QED) is 0.788. The number of hydrogen-bond donors (Lipinski definition) is 1. The molecule has 3 heterocycles. The molecule has 3 aromatic rings. The summed E-state index contributed by atoms with van der Waals surface area (Å²) in [7, 11) is 0. The van der Waals surface area contributed by atoms with Crippen LogP contribution in [0.1, 0.15) is 16.1 Å². The van der Waals surface area contributed by atoms with Crippen molar-refractivity contribution in [1.29, 1.82) is 0 Å². The molecule has 5 nitrogen and oxygen atoms in total. The summed E-state index contributed by atoms with van der Waals surface area (Å²) in [6.45, 7) is 1.93. The number of pyridine rings is 2. The molecule has 6 heteroatoms. The van der Waals surface area contributed by atoms with E-state index in [1.165, 1.54) is 0 Å². The highest BCUT2D eigenvalue weighted by Crippen LogP contribution is 2.22. The number of hydrogen-bond acceptors (Lipinski definition) is 3. The summed E-state index contributed by atoms with van der Waals surface area (Å²) in [4.78, 5) is 16.3. The highest BCUT2D eigenvalue weighted by atomic mass is 35.5. The average molecular weight is 287 g/mol. The Morgan fingerprint density at radius 3 is 2.85 bits per heavy atom. The smallest absolute Gasteiger partial charge is 0.278 e. The minimum Gasteiger partial charge on any atom is -0.305 e. The van der Waals surface area contributed by atoms with Crippen molar-refractivity contribution in [2.24, 2.45) is 0 Å². The Labute approximate surface area is 120 Å². The number of nitrogens with zero attached hydrogens (tertiary/aromatic N) is 3. The van der Waals surface area contributed by atoms with Crippen LogP contribution in [0.15, 0.2) is 42.7 Å². The molecule has 0 radical (unpaired) electrons. The summed E-state index contributed by atoms with van der Waals surface area (Å²) in [5.74, 6) is 0.0868. The van der Waals surface area contributed by atoms with Crippen molar-refractivity contribution in [2.75, 3.05) is 5.32 Å². The maximum absolute atomic E-state index is 12.2. The number of nitrogens with one attached hydrogen (secondary N) is 1. The van der Waals surface area contributed by atoms with Gasteiger partial charge in [-0.05, 0) is 30.7 Å². The number of amides is 1. The minimum absolute atomic E-state index is 0.181. The van der Waals surface area contributed by atoms with E-state index >= 15 is 0 Å². The molecule has 3 rings (SSSR count). The molecule has 3 aromatic heterocycles. The van der Waals surface area contributed by atoms with Crippen molar-refractivity contribution in [2.45, 2.75) is 6.92 Å². The van der Waals surface area contributed by atoms with E-state index in [4.69, 9.17) is 11.6 Å². The van der Waals surface area contributed by atoms with Crippen LogP contribution in [0.5, 0.6) is 0 Å². The van der Waals surface area contributed by atoms with Crippen LogP contribution < -0.4 is 5.32 Å². The fraction of sp³-hybridized carbons (Fsp3) is 0.0714. The van der Waals surface area contributed by atoms with E-state index in [9.17, 15) is 4.79 Å². The van der Waals surface area contributed by atoms with Gasteiger partial charge in [-0.15, -0.1) is 0 Å². The Balaban J connectivity index is 1.92. The standard InChI is InChI=1S/C14H11ClN4O/c1-9-5-6-11(16-8-9)17-14(20)13-12(15)10-4-2-3-7-19(10)18-13/h2-8H,1H3,(H,16,17,20). The molecule has 0 spiro atoms. The van der Waals surface area contributed by atoms with E-state index in [1.54, 1.807) is 29.0 Å². The molecule has 0 aliphatic rings.